The van der Waals surface area contributed by atoms with Gasteiger partial charge >= 0.3 is 0 Å². The van der Waals surface area contributed by atoms with E-state index >= 15 is 0 Å². The second-order valence-electron chi connectivity index (χ2n) is 6.10. The summed E-state index contributed by atoms with van der Waals surface area (Å²) in [7, 11) is 0. The zero-order valence-corrected chi connectivity index (χ0v) is 13.5. The number of aromatic nitrogens is 2. The van der Waals surface area contributed by atoms with Gasteiger partial charge in [-0.25, -0.2) is 4.98 Å². The molecule has 6 nitrogen and oxygen atoms in total. The molecule has 23 heavy (non-hydrogen) atoms. The molecule has 118 valence electrons. The van der Waals surface area contributed by atoms with Crippen LogP contribution in [0.3, 0.4) is 0 Å². The molecule has 0 amide bonds. The van der Waals surface area contributed by atoms with Crippen molar-refractivity contribution in [3.05, 3.63) is 22.2 Å². The van der Waals surface area contributed by atoms with Crippen molar-refractivity contribution < 1.29 is 4.42 Å². The monoisotopic (exact) mass is 349 g/mol. The van der Waals surface area contributed by atoms with Crippen LogP contribution in [-0.4, -0.2) is 35.1 Å². The number of rotatable bonds is 1. The van der Waals surface area contributed by atoms with Crippen LogP contribution in [-0.2, 0) is 0 Å². The highest BCUT2D eigenvalue weighted by molar-refractivity contribution is 6.39. The SMILES string of the molecule is Nc1nc(N2CC3CC2CN3)c2oc3c(Cl)cc(Cl)cc3c2n1. The number of anilines is 2. The van der Waals surface area contributed by atoms with Gasteiger partial charge in [-0.05, 0) is 18.6 Å². The van der Waals surface area contributed by atoms with Crippen molar-refractivity contribution >= 4 is 57.0 Å². The molecule has 2 unspecified atom stereocenters. The van der Waals surface area contributed by atoms with E-state index in [9.17, 15) is 0 Å². The van der Waals surface area contributed by atoms with Gasteiger partial charge in [0, 0.05) is 30.2 Å². The molecule has 1 aromatic carbocycles. The number of nitrogens with one attached hydrogen (secondary N) is 1. The van der Waals surface area contributed by atoms with E-state index in [1.165, 1.54) is 0 Å². The van der Waals surface area contributed by atoms with Gasteiger partial charge in [0.1, 0.15) is 5.52 Å². The van der Waals surface area contributed by atoms with Crippen molar-refractivity contribution in [2.24, 2.45) is 0 Å². The minimum absolute atomic E-state index is 0.224. The second kappa shape index (κ2) is 4.63. The normalized spacial score (nSPS) is 23.5. The number of hydrogen-bond donors (Lipinski definition) is 2. The van der Waals surface area contributed by atoms with E-state index in [0.29, 0.717) is 38.8 Å². The zero-order chi connectivity index (χ0) is 15.7. The topological polar surface area (TPSA) is 80.2 Å². The fourth-order valence-electron chi connectivity index (χ4n) is 3.69. The first-order valence-corrected chi connectivity index (χ1v) is 8.20. The molecule has 8 heteroatoms. The predicted molar refractivity (Wildman–Crippen MR) is 91.3 cm³/mol. The van der Waals surface area contributed by atoms with Crippen molar-refractivity contribution in [2.45, 2.75) is 18.5 Å². The third-order valence-electron chi connectivity index (χ3n) is 4.66. The maximum atomic E-state index is 6.27. The molecule has 0 saturated carbocycles. The van der Waals surface area contributed by atoms with Gasteiger partial charge in [-0.2, -0.15) is 4.98 Å². The van der Waals surface area contributed by atoms with E-state index in [-0.39, 0.29) is 5.95 Å². The van der Waals surface area contributed by atoms with Gasteiger partial charge in [0.05, 0.1) is 10.4 Å². The fourth-order valence-corrected chi connectivity index (χ4v) is 4.22. The second-order valence-corrected chi connectivity index (χ2v) is 6.94. The van der Waals surface area contributed by atoms with Gasteiger partial charge in [0.25, 0.3) is 0 Å². The Morgan fingerprint density at radius 2 is 2.13 bits per heavy atom. The first-order valence-electron chi connectivity index (χ1n) is 7.45. The van der Waals surface area contributed by atoms with Crippen LogP contribution < -0.4 is 16.0 Å². The standard InChI is InChI=1S/C15H13Cl2N5O/c16-6-1-9-11-13(23-12(9)10(17)2-6)14(21-15(18)20-11)22-5-7-3-8(22)4-19-7/h1-2,7-8,19H,3-5H2,(H2,18,20,21). The summed E-state index contributed by atoms with van der Waals surface area (Å²) in [5, 5.41) is 5.23. The van der Waals surface area contributed by atoms with Crippen LogP contribution in [0, 0.1) is 0 Å². The number of furan rings is 1. The molecule has 4 heterocycles. The fraction of sp³-hybridized carbons (Fsp3) is 0.333. The van der Waals surface area contributed by atoms with Gasteiger partial charge in [0.15, 0.2) is 17.0 Å². The quantitative estimate of drug-likeness (QED) is 0.703. The number of nitrogens with zero attached hydrogens (tertiary/aromatic N) is 3. The van der Waals surface area contributed by atoms with Crippen LogP contribution >= 0.6 is 23.2 Å². The van der Waals surface area contributed by atoms with Crippen LogP contribution in [0.1, 0.15) is 6.42 Å². The summed E-state index contributed by atoms with van der Waals surface area (Å²) in [5.41, 5.74) is 7.78. The Kier molecular flexibility index (Phi) is 2.75. The number of hydrogen-bond acceptors (Lipinski definition) is 6. The minimum Gasteiger partial charge on any atom is -0.449 e. The van der Waals surface area contributed by atoms with E-state index in [0.717, 1.165) is 30.7 Å². The van der Waals surface area contributed by atoms with Gasteiger partial charge in [-0.15, -0.1) is 0 Å². The Balaban J connectivity index is 1.81. The van der Waals surface area contributed by atoms with Crippen molar-refractivity contribution in [2.75, 3.05) is 23.7 Å². The summed E-state index contributed by atoms with van der Waals surface area (Å²) in [6, 6.07) is 4.35. The molecule has 2 atom stereocenters. The molecule has 5 rings (SSSR count). The van der Waals surface area contributed by atoms with Gasteiger partial charge in [0.2, 0.25) is 5.95 Å². The number of nitrogens with two attached hydrogens (primary N) is 1. The van der Waals surface area contributed by atoms with Gasteiger partial charge in [-0.3, -0.25) is 0 Å². The molecular weight excluding hydrogens is 337 g/mol. The zero-order valence-electron chi connectivity index (χ0n) is 12.0. The van der Waals surface area contributed by atoms with Crippen molar-refractivity contribution in [3.63, 3.8) is 0 Å². The van der Waals surface area contributed by atoms with Crippen molar-refractivity contribution in [1.29, 1.82) is 0 Å². The first kappa shape index (κ1) is 13.7. The van der Waals surface area contributed by atoms with Crippen LogP contribution in [0.5, 0.6) is 0 Å². The lowest BCUT2D eigenvalue weighted by molar-refractivity contribution is 0.572. The molecular formula is C15H13Cl2N5O. The molecule has 2 bridgehead atoms. The lowest BCUT2D eigenvalue weighted by atomic mass is 10.2. The number of fused-ring (bicyclic) bond motifs is 5. The molecule has 2 aromatic heterocycles. The molecule has 3 aromatic rings. The van der Waals surface area contributed by atoms with Crippen LogP contribution in [0.2, 0.25) is 10.0 Å². The maximum absolute atomic E-state index is 6.27. The van der Waals surface area contributed by atoms with E-state index < -0.39 is 0 Å². The predicted octanol–water partition coefficient (Wildman–Crippen LogP) is 2.82. The number of halogens is 2. The molecule has 2 saturated heterocycles. The molecule has 0 radical (unpaired) electrons. The Labute approximate surface area is 141 Å². The van der Waals surface area contributed by atoms with Gasteiger partial charge < -0.3 is 20.4 Å². The molecule has 0 aliphatic carbocycles. The summed E-state index contributed by atoms with van der Waals surface area (Å²) in [4.78, 5) is 11.0. The van der Waals surface area contributed by atoms with E-state index in [1.54, 1.807) is 12.1 Å². The summed E-state index contributed by atoms with van der Waals surface area (Å²) in [6.45, 7) is 1.84. The van der Waals surface area contributed by atoms with E-state index in [4.69, 9.17) is 33.4 Å². The van der Waals surface area contributed by atoms with Gasteiger partial charge in [-0.1, -0.05) is 23.2 Å². The highest BCUT2D eigenvalue weighted by Crippen LogP contribution is 2.40. The Hall–Kier alpha value is -1.76. The summed E-state index contributed by atoms with van der Waals surface area (Å²) >= 11 is 12.4. The first-order chi connectivity index (χ1) is 11.1. The average Bonchev–Trinajstić information content (AvgIpc) is 3.20. The Bertz CT molecular complexity index is 956. The number of nitrogen functional groups attached to an aromatic ring is 1. The number of benzene rings is 1. The van der Waals surface area contributed by atoms with Crippen LogP contribution in [0.4, 0.5) is 11.8 Å². The average molecular weight is 350 g/mol. The largest absolute Gasteiger partial charge is 0.449 e. The molecule has 2 aliphatic rings. The lowest BCUT2D eigenvalue weighted by Gasteiger charge is -2.28. The third-order valence-corrected chi connectivity index (χ3v) is 5.16. The molecule has 0 spiro atoms. The highest BCUT2D eigenvalue weighted by Gasteiger charge is 2.39. The smallest absolute Gasteiger partial charge is 0.222 e. The van der Waals surface area contributed by atoms with Crippen molar-refractivity contribution in [1.82, 2.24) is 15.3 Å². The maximum Gasteiger partial charge on any atom is 0.222 e. The van der Waals surface area contributed by atoms with E-state index in [2.05, 4.69) is 20.2 Å². The minimum atomic E-state index is 0.224. The molecule has 3 N–H and O–H groups in total. The third kappa shape index (κ3) is 1.92. The number of piperazine rings is 1. The van der Waals surface area contributed by atoms with Crippen LogP contribution in [0.15, 0.2) is 16.5 Å². The summed E-state index contributed by atoms with van der Waals surface area (Å²) < 4.78 is 6.01. The summed E-state index contributed by atoms with van der Waals surface area (Å²) in [6.07, 6.45) is 1.11. The molecule has 2 fully saturated rings. The lowest BCUT2D eigenvalue weighted by Crippen LogP contribution is -2.44. The van der Waals surface area contributed by atoms with E-state index in [1.807, 2.05) is 0 Å². The van der Waals surface area contributed by atoms with Crippen LogP contribution in [0.25, 0.3) is 22.1 Å². The summed E-state index contributed by atoms with van der Waals surface area (Å²) in [5.74, 6) is 0.965. The Morgan fingerprint density at radius 3 is 2.87 bits per heavy atom. The highest BCUT2D eigenvalue weighted by atomic mass is 35.5. The Morgan fingerprint density at radius 1 is 1.26 bits per heavy atom. The molecule has 2 aliphatic heterocycles. The van der Waals surface area contributed by atoms with Crippen molar-refractivity contribution in [3.8, 4) is 0 Å².